The second-order valence-electron chi connectivity index (χ2n) is 3.69. The predicted octanol–water partition coefficient (Wildman–Crippen LogP) is 1.24. The third-order valence-electron chi connectivity index (χ3n) is 2.41. The molecule has 4 heteroatoms. The molecule has 0 aliphatic rings. The zero-order chi connectivity index (χ0) is 11.3. The summed E-state index contributed by atoms with van der Waals surface area (Å²) >= 11 is 0. The van der Waals surface area contributed by atoms with Gasteiger partial charge < -0.3 is 10.0 Å². The van der Waals surface area contributed by atoms with Gasteiger partial charge in [-0.1, -0.05) is 31.9 Å². The van der Waals surface area contributed by atoms with E-state index in [1.807, 2.05) is 0 Å². The highest BCUT2D eigenvalue weighted by atomic mass is 19.1. The van der Waals surface area contributed by atoms with Crippen molar-refractivity contribution in [3.8, 4) is 0 Å². The van der Waals surface area contributed by atoms with E-state index >= 15 is 0 Å². The van der Waals surface area contributed by atoms with Crippen LogP contribution in [-0.4, -0.2) is 17.2 Å². The molecule has 0 aromatic heterocycles. The summed E-state index contributed by atoms with van der Waals surface area (Å²) in [6.45, 7) is 2.12. The van der Waals surface area contributed by atoms with E-state index in [1.54, 1.807) is 6.07 Å². The van der Waals surface area contributed by atoms with Crippen LogP contribution in [0.15, 0.2) is 18.2 Å². The van der Waals surface area contributed by atoms with E-state index in [0.29, 0.717) is 0 Å². The molecule has 0 aliphatic carbocycles. The molecule has 1 aromatic rings. The summed E-state index contributed by atoms with van der Waals surface area (Å²) in [4.78, 5) is 0. The van der Waals surface area contributed by atoms with Gasteiger partial charge in [0.05, 0.1) is 0 Å². The second kappa shape index (κ2) is 5.88. The molecule has 0 unspecified atom stereocenters. The van der Waals surface area contributed by atoms with Crippen LogP contribution >= 0.6 is 0 Å². The first kappa shape index (κ1) is 12.2. The minimum atomic E-state index is -1.73. The molecule has 0 radical (unpaired) electrons. The Balaban J connectivity index is 2.65. The lowest BCUT2D eigenvalue weighted by atomic mass is 9.79. The van der Waals surface area contributed by atoms with Gasteiger partial charge in [0.1, 0.15) is 5.82 Å². The van der Waals surface area contributed by atoms with Gasteiger partial charge in [0.25, 0.3) is 0 Å². The molecule has 15 heavy (non-hydrogen) atoms. The maximum absolute atomic E-state index is 13.3. The van der Waals surface area contributed by atoms with E-state index in [0.717, 1.165) is 31.2 Å². The topological polar surface area (TPSA) is 40.5 Å². The first-order valence-corrected chi connectivity index (χ1v) is 5.29. The van der Waals surface area contributed by atoms with Gasteiger partial charge in [-0.3, -0.25) is 0 Å². The number of benzene rings is 1. The van der Waals surface area contributed by atoms with Crippen LogP contribution in [0.5, 0.6) is 0 Å². The second-order valence-corrected chi connectivity index (χ2v) is 3.69. The normalized spacial score (nSPS) is 10.4. The lowest BCUT2D eigenvalue weighted by Crippen LogP contribution is -2.32. The van der Waals surface area contributed by atoms with Gasteiger partial charge in [0, 0.05) is 5.46 Å². The Labute approximate surface area is 89.9 Å². The summed E-state index contributed by atoms with van der Waals surface area (Å²) in [5, 5.41) is 17.7. The quantitative estimate of drug-likeness (QED) is 0.567. The lowest BCUT2D eigenvalue weighted by molar-refractivity contribution is 0.423. The Morgan fingerprint density at radius 1 is 1.27 bits per heavy atom. The molecular weight excluding hydrogens is 194 g/mol. The van der Waals surface area contributed by atoms with Crippen molar-refractivity contribution in [2.45, 2.75) is 32.6 Å². The number of rotatable bonds is 5. The van der Waals surface area contributed by atoms with Gasteiger partial charge >= 0.3 is 7.12 Å². The first-order valence-electron chi connectivity index (χ1n) is 5.29. The van der Waals surface area contributed by atoms with E-state index in [4.69, 9.17) is 10.0 Å². The fraction of sp³-hybridized carbons (Fsp3) is 0.455. The average molecular weight is 210 g/mol. The van der Waals surface area contributed by atoms with E-state index in [2.05, 4.69) is 6.92 Å². The molecule has 0 heterocycles. The van der Waals surface area contributed by atoms with Crippen molar-refractivity contribution in [3.05, 3.63) is 29.6 Å². The first-order chi connectivity index (χ1) is 7.15. The maximum atomic E-state index is 13.3. The van der Waals surface area contributed by atoms with Crippen molar-refractivity contribution in [3.63, 3.8) is 0 Å². The number of halogens is 1. The summed E-state index contributed by atoms with van der Waals surface area (Å²) < 4.78 is 13.3. The molecule has 0 amide bonds. The zero-order valence-electron chi connectivity index (χ0n) is 8.91. The SMILES string of the molecule is CCCCCc1ccc(B(O)O)c(F)c1. The molecule has 0 aliphatic heterocycles. The molecule has 2 N–H and O–H groups in total. The van der Waals surface area contributed by atoms with E-state index in [9.17, 15) is 4.39 Å². The Bertz CT molecular complexity index is 315. The van der Waals surface area contributed by atoms with Gasteiger partial charge in [0.15, 0.2) is 0 Å². The van der Waals surface area contributed by atoms with Crippen LogP contribution in [0.4, 0.5) is 4.39 Å². The van der Waals surface area contributed by atoms with Crippen molar-refractivity contribution < 1.29 is 14.4 Å². The van der Waals surface area contributed by atoms with Crippen molar-refractivity contribution in [1.29, 1.82) is 0 Å². The molecule has 1 aromatic carbocycles. The number of aryl methyl sites for hydroxylation is 1. The molecule has 0 bridgehead atoms. The van der Waals surface area contributed by atoms with Crippen molar-refractivity contribution in [2.75, 3.05) is 0 Å². The van der Waals surface area contributed by atoms with Crippen LogP contribution in [-0.2, 0) is 6.42 Å². The third-order valence-corrected chi connectivity index (χ3v) is 2.41. The van der Waals surface area contributed by atoms with Crippen LogP contribution < -0.4 is 5.46 Å². The molecule has 1 rings (SSSR count). The van der Waals surface area contributed by atoms with Crippen LogP contribution in [0.1, 0.15) is 31.7 Å². The molecule has 82 valence electrons. The Kier molecular flexibility index (Phi) is 4.79. The highest BCUT2D eigenvalue weighted by Crippen LogP contribution is 2.07. The summed E-state index contributed by atoms with van der Waals surface area (Å²) in [7, 11) is -1.73. The fourth-order valence-electron chi connectivity index (χ4n) is 1.51. The molecule has 0 spiro atoms. The molecule has 0 fully saturated rings. The molecule has 0 atom stereocenters. The highest BCUT2D eigenvalue weighted by molar-refractivity contribution is 6.58. The van der Waals surface area contributed by atoms with Gasteiger partial charge in [-0.05, 0) is 24.5 Å². The molecule has 0 saturated heterocycles. The molecule has 0 saturated carbocycles. The minimum Gasteiger partial charge on any atom is -0.423 e. The third kappa shape index (κ3) is 3.65. The van der Waals surface area contributed by atoms with Crippen LogP contribution in [0, 0.1) is 5.82 Å². The van der Waals surface area contributed by atoms with Crippen molar-refractivity contribution in [2.24, 2.45) is 0 Å². The Morgan fingerprint density at radius 2 is 2.00 bits per heavy atom. The van der Waals surface area contributed by atoms with Gasteiger partial charge in [-0.2, -0.15) is 0 Å². The van der Waals surface area contributed by atoms with Gasteiger partial charge in [-0.25, -0.2) is 4.39 Å². The Hall–Kier alpha value is -0.865. The van der Waals surface area contributed by atoms with E-state index in [1.165, 1.54) is 12.1 Å². The average Bonchev–Trinajstić information content (AvgIpc) is 2.17. The van der Waals surface area contributed by atoms with Crippen LogP contribution in [0.2, 0.25) is 0 Å². The zero-order valence-corrected chi connectivity index (χ0v) is 8.91. The molecule has 2 nitrogen and oxygen atoms in total. The van der Waals surface area contributed by atoms with Crippen molar-refractivity contribution >= 4 is 12.6 Å². The summed E-state index contributed by atoms with van der Waals surface area (Å²) in [6, 6.07) is 4.55. The standard InChI is InChI=1S/C11H16BFO2/c1-2-3-4-5-9-6-7-10(12(14)15)11(13)8-9/h6-8,14-15H,2-5H2,1H3. The van der Waals surface area contributed by atoms with Gasteiger partial charge in [0.2, 0.25) is 0 Å². The monoisotopic (exact) mass is 210 g/mol. The summed E-state index contributed by atoms with van der Waals surface area (Å²) in [6.07, 6.45) is 4.14. The minimum absolute atomic E-state index is 0.0609. The largest absolute Gasteiger partial charge is 0.491 e. The summed E-state index contributed by atoms with van der Waals surface area (Å²) in [5.74, 6) is -0.543. The number of hydrogen-bond acceptors (Lipinski definition) is 2. The van der Waals surface area contributed by atoms with Crippen LogP contribution in [0.3, 0.4) is 0 Å². The smallest absolute Gasteiger partial charge is 0.423 e. The van der Waals surface area contributed by atoms with E-state index in [-0.39, 0.29) is 5.46 Å². The predicted molar refractivity (Wildman–Crippen MR) is 59.5 cm³/mol. The lowest BCUT2D eigenvalue weighted by Gasteiger charge is -2.05. The van der Waals surface area contributed by atoms with Crippen molar-refractivity contribution in [1.82, 2.24) is 0 Å². The molecular formula is C11H16BFO2. The summed E-state index contributed by atoms with van der Waals surface area (Å²) in [5.41, 5.74) is 0.847. The fourth-order valence-corrected chi connectivity index (χ4v) is 1.51. The maximum Gasteiger partial charge on any atom is 0.491 e. The Morgan fingerprint density at radius 3 is 2.53 bits per heavy atom. The van der Waals surface area contributed by atoms with E-state index < -0.39 is 12.9 Å². The van der Waals surface area contributed by atoms with Crippen LogP contribution in [0.25, 0.3) is 0 Å². The number of unbranched alkanes of at least 4 members (excludes halogenated alkanes) is 2. The number of hydrogen-bond donors (Lipinski definition) is 2. The highest BCUT2D eigenvalue weighted by Gasteiger charge is 2.15. The van der Waals surface area contributed by atoms with Gasteiger partial charge in [-0.15, -0.1) is 0 Å².